The first-order valence-electron chi connectivity index (χ1n) is 6.21. The molecule has 1 aliphatic heterocycles. The molecule has 18 heavy (non-hydrogen) atoms. The van der Waals surface area contributed by atoms with Crippen molar-refractivity contribution in [3.63, 3.8) is 0 Å². The van der Waals surface area contributed by atoms with Gasteiger partial charge in [-0.25, -0.2) is 4.52 Å². The lowest BCUT2D eigenvalue weighted by Crippen LogP contribution is -1.94. The van der Waals surface area contributed by atoms with Crippen molar-refractivity contribution in [2.75, 3.05) is 11.9 Å². The van der Waals surface area contributed by atoms with Crippen LogP contribution in [0.2, 0.25) is 0 Å². The normalized spacial score (nSPS) is 13.6. The van der Waals surface area contributed by atoms with Gasteiger partial charge in [0.15, 0.2) is 0 Å². The Morgan fingerprint density at radius 1 is 1.17 bits per heavy atom. The second kappa shape index (κ2) is 3.60. The molecule has 0 amide bonds. The molecule has 0 radical (unpaired) electrons. The predicted octanol–water partition coefficient (Wildman–Crippen LogP) is 2.97. The second-order valence-electron chi connectivity index (χ2n) is 4.63. The van der Waals surface area contributed by atoms with Crippen LogP contribution >= 0.6 is 0 Å². The van der Waals surface area contributed by atoms with Crippen LogP contribution < -0.4 is 5.32 Å². The smallest absolute Gasteiger partial charge is 0.0667 e. The summed E-state index contributed by atoms with van der Waals surface area (Å²) in [5.74, 6) is 0. The van der Waals surface area contributed by atoms with Gasteiger partial charge in [0.2, 0.25) is 0 Å². The number of nitrogens with one attached hydrogen (secondary N) is 1. The number of benzene rings is 1. The fourth-order valence-electron chi connectivity index (χ4n) is 2.67. The number of pyridine rings is 1. The fraction of sp³-hybridized carbons (Fsp3) is 0.133. The van der Waals surface area contributed by atoms with E-state index < -0.39 is 0 Å². The van der Waals surface area contributed by atoms with Crippen LogP contribution in [0.25, 0.3) is 16.6 Å². The lowest BCUT2D eigenvalue weighted by atomic mass is 10.0. The third kappa shape index (κ3) is 1.34. The monoisotopic (exact) mass is 235 g/mol. The molecule has 4 rings (SSSR count). The van der Waals surface area contributed by atoms with E-state index in [1.807, 2.05) is 23.0 Å². The van der Waals surface area contributed by atoms with E-state index in [0.717, 1.165) is 18.5 Å². The van der Waals surface area contributed by atoms with Crippen LogP contribution in [0.4, 0.5) is 5.69 Å². The van der Waals surface area contributed by atoms with E-state index in [4.69, 9.17) is 0 Å². The first-order chi connectivity index (χ1) is 8.92. The Morgan fingerprint density at radius 3 is 3.17 bits per heavy atom. The van der Waals surface area contributed by atoms with Crippen LogP contribution in [0.1, 0.15) is 5.56 Å². The maximum atomic E-state index is 4.23. The Bertz CT molecular complexity index is 727. The standard InChI is InChI=1S/C15H13N3/c1-2-11-4-7-16-15(11)14(3-1)12-6-9-18-13(10-12)5-8-17-18/h1-3,5-6,8-10,16H,4,7H2. The summed E-state index contributed by atoms with van der Waals surface area (Å²) in [6, 6.07) is 12.9. The Labute approximate surface area is 105 Å². The zero-order chi connectivity index (χ0) is 11.9. The number of rotatable bonds is 1. The molecule has 0 saturated carbocycles. The molecule has 1 N–H and O–H groups in total. The summed E-state index contributed by atoms with van der Waals surface area (Å²) >= 11 is 0. The molecule has 1 aliphatic rings. The Balaban J connectivity index is 1.94. The third-order valence-corrected chi connectivity index (χ3v) is 3.56. The molecule has 0 atom stereocenters. The number of hydrogen-bond acceptors (Lipinski definition) is 2. The Hall–Kier alpha value is -2.29. The molecule has 0 saturated heterocycles. The number of aromatic nitrogens is 2. The van der Waals surface area contributed by atoms with E-state index in [1.54, 1.807) is 0 Å². The van der Waals surface area contributed by atoms with Gasteiger partial charge in [-0.1, -0.05) is 18.2 Å². The highest BCUT2D eigenvalue weighted by Gasteiger charge is 2.14. The molecule has 0 unspecified atom stereocenters. The number of anilines is 1. The average Bonchev–Trinajstić information content (AvgIpc) is 3.05. The van der Waals surface area contributed by atoms with Crippen LogP contribution in [0.15, 0.2) is 48.8 Å². The number of nitrogens with zero attached hydrogens (tertiary/aromatic N) is 2. The largest absolute Gasteiger partial charge is 0.384 e. The van der Waals surface area contributed by atoms with Gasteiger partial charge in [0.1, 0.15) is 0 Å². The zero-order valence-electron chi connectivity index (χ0n) is 9.93. The SMILES string of the molecule is c1cc2c(c(-c3ccn4nccc4c3)c1)NCC2. The van der Waals surface area contributed by atoms with Gasteiger partial charge < -0.3 is 5.32 Å². The van der Waals surface area contributed by atoms with Crippen molar-refractivity contribution < 1.29 is 0 Å². The molecule has 0 spiro atoms. The Morgan fingerprint density at radius 2 is 2.17 bits per heavy atom. The van der Waals surface area contributed by atoms with Crippen molar-refractivity contribution in [3.8, 4) is 11.1 Å². The van der Waals surface area contributed by atoms with Gasteiger partial charge >= 0.3 is 0 Å². The zero-order valence-corrected chi connectivity index (χ0v) is 9.93. The molecule has 88 valence electrons. The molecule has 1 aromatic carbocycles. The third-order valence-electron chi connectivity index (χ3n) is 3.56. The Kier molecular flexibility index (Phi) is 1.94. The van der Waals surface area contributed by atoms with Crippen LogP contribution in [-0.4, -0.2) is 16.2 Å². The van der Waals surface area contributed by atoms with E-state index >= 15 is 0 Å². The van der Waals surface area contributed by atoms with Crippen molar-refractivity contribution in [2.45, 2.75) is 6.42 Å². The molecular formula is C15H13N3. The van der Waals surface area contributed by atoms with E-state index in [9.17, 15) is 0 Å². The summed E-state index contributed by atoms with van der Waals surface area (Å²) in [6.45, 7) is 1.04. The molecule has 3 heteroatoms. The molecule has 0 bridgehead atoms. The molecule has 3 aromatic rings. The highest BCUT2D eigenvalue weighted by molar-refractivity contribution is 5.83. The minimum absolute atomic E-state index is 1.04. The predicted molar refractivity (Wildman–Crippen MR) is 72.8 cm³/mol. The van der Waals surface area contributed by atoms with Crippen molar-refractivity contribution >= 4 is 11.2 Å². The fourth-order valence-corrected chi connectivity index (χ4v) is 2.67. The molecule has 0 fully saturated rings. The first kappa shape index (κ1) is 9.71. The lowest BCUT2D eigenvalue weighted by Gasteiger charge is -2.09. The summed E-state index contributed by atoms with van der Waals surface area (Å²) in [5.41, 5.74) is 6.37. The van der Waals surface area contributed by atoms with Gasteiger partial charge in [0.25, 0.3) is 0 Å². The maximum absolute atomic E-state index is 4.23. The average molecular weight is 235 g/mol. The first-order valence-corrected chi connectivity index (χ1v) is 6.21. The minimum atomic E-state index is 1.04. The molecular weight excluding hydrogens is 222 g/mol. The molecule has 3 nitrogen and oxygen atoms in total. The number of hydrogen-bond donors (Lipinski definition) is 1. The van der Waals surface area contributed by atoms with Crippen molar-refractivity contribution in [1.82, 2.24) is 9.61 Å². The van der Waals surface area contributed by atoms with Gasteiger partial charge in [-0.2, -0.15) is 5.10 Å². The van der Waals surface area contributed by atoms with Gasteiger partial charge in [0, 0.05) is 30.2 Å². The molecule has 2 aromatic heterocycles. The second-order valence-corrected chi connectivity index (χ2v) is 4.63. The van der Waals surface area contributed by atoms with Crippen LogP contribution in [0.5, 0.6) is 0 Å². The van der Waals surface area contributed by atoms with E-state index in [-0.39, 0.29) is 0 Å². The summed E-state index contributed by atoms with van der Waals surface area (Å²) in [7, 11) is 0. The topological polar surface area (TPSA) is 29.3 Å². The summed E-state index contributed by atoms with van der Waals surface area (Å²) in [5, 5.41) is 7.71. The van der Waals surface area contributed by atoms with E-state index in [0.29, 0.717) is 0 Å². The van der Waals surface area contributed by atoms with Gasteiger partial charge in [-0.05, 0) is 35.7 Å². The maximum Gasteiger partial charge on any atom is 0.0667 e. The van der Waals surface area contributed by atoms with Crippen molar-refractivity contribution in [3.05, 3.63) is 54.4 Å². The van der Waals surface area contributed by atoms with Crippen molar-refractivity contribution in [2.24, 2.45) is 0 Å². The molecule has 0 aliphatic carbocycles. The quantitative estimate of drug-likeness (QED) is 0.702. The van der Waals surface area contributed by atoms with Crippen LogP contribution in [-0.2, 0) is 6.42 Å². The van der Waals surface area contributed by atoms with Gasteiger partial charge in [-0.3, -0.25) is 0 Å². The summed E-state index contributed by atoms with van der Waals surface area (Å²) in [6.07, 6.45) is 4.96. The number of para-hydroxylation sites is 1. The van der Waals surface area contributed by atoms with Crippen molar-refractivity contribution in [1.29, 1.82) is 0 Å². The van der Waals surface area contributed by atoms with Crippen LogP contribution in [0.3, 0.4) is 0 Å². The molecule has 3 heterocycles. The highest BCUT2D eigenvalue weighted by Crippen LogP contribution is 2.34. The van der Waals surface area contributed by atoms with E-state index in [1.165, 1.54) is 22.4 Å². The van der Waals surface area contributed by atoms with E-state index in [2.05, 4.69) is 40.7 Å². The number of fused-ring (bicyclic) bond motifs is 2. The lowest BCUT2D eigenvalue weighted by molar-refractivity contribution is 0.962. The summed E-state index contributed by atoms with van der Waals surface area (Å²) in [4.78, 5) is 0. The highest BCUT2D eigenvalue weighted by atomic mass is 15.2. The van der Waals surface area contributed by atoms with Gasteiger partial charge in [-0.15, -0.1) is 0 Å². The minimum Gasteiger partial charge on any atom is -0.384 e. The summed E-state index contributed by atoms with van der Waals surface area (Å²) < 4.78 is 1.89. The van der Waals surface area contributed by atoms with Crippen LogP contribution in [0, 0.1) is 0 Å². The van der Waals surface area contributed by atoms with Gasteiger partial charge in [0.05, 0.1) is 5.52 Å².